The summed E-state index contributed by atoms with van der Waals surface area (Å²) in [5, 5.41) is 14.5. The van der Waals surface area contributed by atoms with Crippen molar-refractivity contribution in [2.75, 3.05) is 6.61 Å². The third-order valence-electron chi connectivity index (χ3n) is 4.46. The van der Waals surface area contributed by atoms with Gasteiger partial charge >= 0.3 is 5.97 Å². The topological polar surface area (TPSA) is 124 Å². The van der Waals surface area contributed by atoms with Crippen LogP contribution in [0.25, 0.3) is 11.3 Å². The molecule has 0 atom stereocenters. The van der Waals surface area contributed by atoms with Gasteiger partial charge in [-0.1, -0.05) is 25.5 Å². The minimum absolute atomic E-state index is 0.102. The number of nitro groups is 1. The highest BCUT2D eigenvalue weighted by Gasteiger charge is 2.10. The van der Waals surface area contributed by atoms with Crippen LogP contribution in [0.15, 0.2) is 70.2 Å². The van der Waals surface area contributed by atoms with Crippen molar-refractivity contribution in [2.24, 2.45) is 5.10 Å². The van der Waals surface area contributed by atoms with Gasteiger partial charge < -0.3 is 9.15 Å². The Bertz CT molecular complexity index is 1120. The average Bonchev–Trinajstić information content (AvgIpc) is 3.28. The quantitative estimate of drug-likeness (QED) is 0.173. The van der Waals surface area contributed by atoms with Crippen molar-refractivity contribution in [2.45, 2.75) is 19.8 Å². The van der Waals surface area contributed by atoms with E-state index in [4.69, 9.17) is 9.15 Å². The van der Waals surface area contributed by atoms with Crippen molar-refractivity contribution in [3.8, 4) is 11.3 Å². The molecule has 164 valence electrons. The second-order valence-corrected chi connectivity index (χ2v) is 6.77. The first kappa shape index (κ1) is 22.4. The number of non-ortho nitro benzene ring substituents is 1. The lowest BCUT2D eigenvalue weighted by Crippen LogP contribution is -2.17. The molecule has 3 rings (SSSR count). The van der Waals surface area contributed by atoms with Gasteiger partial charge in [0.15, 0.2) is 0 Å². The predicted octanol–water partition coefficient (Wildman–Crippen LogP) is 4.58. The summed E-state index contributed by atoms with van der Waals surface area (Å²) in [6, 6.07) is 15.5. The molecule has 1 amide bonds. The van der Waals surface area contributed by atoms with Crippen LogP contribution < -0.4 is 5.43 Å². The second-order valence-electron chi connectivity index (χ2n) is 6.77. The van der Waals surface area contributed by atoms with Gasteiger partial charge in [0.1, 0.15) is 11.5 Å². The van der Waals surface area contributed by atoms with Crippen LogP contribution in [0.1, 0.15) is 46.2 Å². The lowest BCUT2D eigenvalue weighted by Gasteiger charge is -2.04. The molecule has 32 heavy (non-hydrogen) atoms. The zero-order chi connectivity index (χ0) is 22.9. The van der Waals surface area contributed by atoms with E-state index >= 15 is 0 Å². The molecular formula is C23H21N3O6. The van der Waals surface area contributed by atoms with Crippen LogP contribution in [0.4, 0.5) is 5.69 Å². The van der Waals surface area contributed by atoms with E-state index in [1.54, 1.807) is 36.4 Å². The smallest absolute Gasteiger partial charge is 0.338 e. The molecule has 0 saturated heterocycles. The van der Waals surface area contributed by atoms with Gasteiger partial charge in [-0.2, -0.15) is 5.10 Å². The van der Waals surface area contributed by atoms with Gasteiger partial charge in [0, 0.05) is 23.3 Å². The number of nitro benzene ring substituents is 1. The zero-order valence-corrected chi connectivity index (χ0v) is 17.3. The lowest BCUT2D eigenvalue weighted by atomic mass is 10.1. The Labute approximate surface area is 183 Å². The van der Waals surface area contributed by atoms with Gasteiger partial charge in [-0.05, 0) is 42.8 Å². The van der Waals surface area contributed by atoms with Crippen LogP contribution in [-0.4, -0.2) is 29.6 Å². The van der Waals surface area contributed by atoms with Gasteiger partial charge in [-0.15, -0.1) is 0 Å². The number of benzene rings is 2. The van der Waals surface area contributed by atoms with E-state index in [2.05, 4.69) is 10.5 Å². The van der Waals surface area contributed by atoms with Gasteiger partial charge in [-0.3, -0.25) is 14.9 Å². The molecule has 1 heterocycles. The molecule has 3 aromatic rings. The summed E-state index contributed by atoms with van der Waals surface area (Å²) in [6.45, 7) is 2.43. The molecule has 0 aliphatic heterocycles. The minimum Gasteiger partial charge on any atom is -0.462 e. The number of ether oxygens (including phenoxy) is 1. The SMILES string of the molecule is CCCCOC(=O)c1ccc(-c2ccc(/C=N\NC(=O)c3ccc([N+](=O)[O-])cc3)o2)cc1. The molecular weight excluding hydrogens is 414 g/mol. The van der Waals surface area contributed by atoms with E-state index in [9.17, 15) is 19.7 Å². The largest absolute Gasteiger partial charge is 0.462 e. The molecule has 0 bridgehead atoms. The number of hydrogen-bond donors (Lipinski definition) is 1. The van der Waals surface area contributed by atoms with Crippen molar-refractivity contribution in [3.05, 3.63) is 87.7 Å². The maximum Gasteiger partial charge on any atom is 0.338 e. The van der Waals surface area contributed by atoms with Crippen LogP contribution in [-0.2, 0) is 4.74 Å². The summed E-state index contributed by atoms with van der Waals surface area (Å²) in [6.07, 6.45) is 3.12. The fraction of sp³-hybridized carbons (Fsp3) is 0.174. The highest BCUT2D eigenvalue weighted by molar-refractivity contribution is 5.95. The third kappa shape index (κ3) is 5.88. The van der Waals surface area contributed by atoms with E-state index in [-0.39, 0.29) is 17.2 Å². The zero-order valence-electron chi connectivity index (χ0n) is 17.3. The minimum atomic E-state index is -0.541. The molecule has 1 aromatic heterocycles. The van der Waals surface area contributed by atoms with Crippen molar-refractivity contribution >= 4 is 23.8 Å². The highest BCUT2D eigenvalue weighted by Crippen LogP contribution is 2.22. The maximum atomic E-state index is 12.0. The van der Waals surface area contributed by atoms with Gasteiger partial charge in [0.2, 0.25) is 0 Å². The van der Waals surface area contributed by atoms with Crippen LogP contribution >= 0.6 is 0 Å². The standard InChI is InChI=1S/C23H21N3O6/c1-2-3-14-31-23(28)18-6-4-16(5-7-18)21-13-12-20(32-21)15-24-25-22(27)17-8-10-19(11-9-17)26(29)30/h4-13,15H,2-3,14H2,1H3,(H,25,27)/b24-15-. The van der Waals surface area contributed by atoms with Crippen LogP contribution in [0.3, 0.4) is 0 Å². The van der Waals surface area contributed by atoms with Crippen molar-refractivity contribution < 1.29 is 23.7 Å². The number of carbonyl (C=O) groups is 2. The molecule has 0 aliphatic carbocycles. The van der Waals surface area contributed by atoms with E-state index in [1.807, 2.05) is 6.92 Å². The fourth-order valence-electron chi connectivity index (χ4n) is 2.69. The number of rotatable bonds is 9. The van der Waals surface area contributed by atoms with Crippen LogP contribution in [0.5, 0.6) is 0 Å². The Hall–Kier alpha value is -4.27. The summed E-state index contributed by atoms with van der Waals surface area (Å²) >= 11 is 0. The molecule has 9 nitrogen and oxygen atoms in total. The molecule has 0 unspecified atom stereocenters. The predicted molar refractivity (Wildman–Crippen MR) is 117 cm³/mol. The Morgan fingerprint density at radius 3 is 2.41 bits per heavy atom. The monoisotopic (exact) mass is 435 g/mol. The van der Waals surface area contributed by atoms with Crippen molar-refractivity contribution in [1.29, 1.82) is 0 Å². The van der Waals surface area contributed by atoms with Gasteiger partial charge in [0.05, 0.1) is 23.3 Å². The Balaban J connectivity index is 1.57. The number of carbonyl (C=O) groups excluding carboxylic acids is 2. The number of nitrogens with one attached hydrogen (secondary N) is 1. The number of unbranched alkanes of at least 4 members (excludes halogenated alkanes) is 1. The number of nitrogens with zero attached hydrogens (tertiary/aromatic N) is 2. The Kier molecular flexibility index (Phi) is 7.47. The number of furan rings is 1. The van der Waals surface area contributed by atoms with E-state index in [0.717, 1.165) is 18.4 Å². The van der Waals surface area contributed by atoms with Crippen LogP contribution in [0.2, 0.25) is 0 Å². The summed E-state index contributed by atoms with van der Waals surface area (Å²) in [7, 11) is 0. The molecule has 0 spiro atoms. The summed E-state index contributed by atoms with van der Waals surface area (Å²) in [5.74, 6) is 0.108. The molecule has 0 radical (unpaired) electrons. The molecule has 9 heteroatoms. The Morgan fingerprint density at radius 2 is 1.75 bits per heavy atom. The fourth-order valence-corrected chi connectivity index (χ4v) is 2.69. The summed E-state index contributed by atoms with van der Waals surface area (Å²) < 4.78 is 10.9. The van der Waals surface area contributed by atoms with Gasteiger partial charge in [0.25, 0.3) is 11.6 Å². The molecule has 0 saturated carbocycles. The third-order valence-corrected chi connectivity index (χ3v) is 4.46. The van der Waals surface area contributed by atoms with Crippen molar-refractivity contribution in [3.63, 3.8) is 0 Å². The van der Waals surface area contributed by atoms with E-state index in [1.165, 1.54) is 30.5 Å². The number of hydrazone groups is 1. The second kappa shape index (κ2) is 10.7. The average molecular weight is 435 g/mol. The van der Waals surface area contributed by atoms with Gasteiger partial charge in [-0.25, -0.2) is 10.2 Å². The first-order valence-electron chi connectivity index (χ1n) is 9.93. The number of esters is 1. The summed E-state index contributed by atoms with van der Waals surface area (Å²) in [5.41, 5.74) is 3.70. The molecule has 0 fully saturated rings. The lowest BCUT2D eigenvalue weighted by molar-refractivity contribution is -0.384. The molecule has 0 aliphatic rings. The first-order chi connectivity index (χ1) is 15.5. The normalized spacial score (nSPS) is 10.8. The molecule has 2 aromatic carbocycles. The van der Waals surface area contributed by atoms with E-state index in [0.29, 0.717) is 23.7 Å². The first-order valence-corrected chi connectivity index (χ1v) is 9.93. The Morgan fingerprint density at radius 1 is 1.06 bits per heavy atom. The van der Waals surface area contributed by atoms with Crippen molar-refractivity contribution in [1.82, 2.24) is 5.43 Å². The number of hydrogen-bond acceptors (Lipinski definition) is 7. The van der Waals surface area contributed by atoms with E-state index < -0.39 is 10.8 Å². The number of amides is 1. The highest BCUT2D eigenvalue weighted by atomic mass is 16.6. The maximum absolute atomic E-state index is 12.0. The molecule has 1 N–H and O–H groups in total. The summed E-state index contributed by atoms with van der Waals surface area (Å²) in [4.78, 5) is 34.1. The van der Waals surface area contributed by atoms with Crippen LogP contribution in [0, 0.1) is 10.1 Å².